The first kappa shape index (κ1) is 14.4. The second-order valence-corrected chi connectivity index (χ2v) is 11.6. The molecular formula is C4H6N8S6. The Morgan fingerprint density at radius 1 is 0.722 bits per heavy atom. The average Bonchev–Trinajstić information content (AvgIpc) is 2.93. The third-order valence-electron chi connectivity index (χ3n) is 1.26. The molecule has 0 bridgehead atoms. The normalized spacial score (nSPS) is 10.9. The lowest BCUT2D eigenvalue weighted by atomic mass is 11.1. The lowest BCUT2D eigenvalue weighted by Crippen LogP contribution is -1.84. The molecule has 6 N–H and O–H groups in total. The number of nitrogens with two attached hydrogens (primary N) is 2. The standard InChI is InChI=1S/C4H6N8S6/c5-1-7-3(11-9-1)13-15-17-18-16-14-4-8-2(6)10-12-4/h(H3,5,7,9,11)(H3,6,8,10,12). The van der Waals surface area contributed by atoms with E-state index in [0.717, 1.165) is 0 Å². The van der Waals surface area contributed by atoms with Gasteiger partial charge in [0.15, 0.2) is 0 Å². The number of nitrogen functional groups attached to an aromatic ring is 2. The van der Waals surface area contributed by atoms with Crippen LogP contribution in [0.3, 0.4) is 0 Å². The van der Waals surface area contributed by atoms with Crippen LogP contribution in [0.15, 0.2) is 10.3 Å². The number of hydrogen-bond donors (Lipinski definition) is 4. The highest BCUT2D eigenvalue weighted by atomic mass is 33.9. The Morgan fingerprint density at radius 3 is 1.50 bits per heavy atom. The molecule has 98 valence electrons. The van der Waals surface area contributed by atoms with Crippen LogP contribution in [0.25, 0.3) is 0 Å². The van der Waals surface area contributed by atoms with Crippen LogP contribution in [0.4, 0.5) is 11.9 Å². The first-order chi connectivity index (χ1) is 8.74. The molecule has 0 saturated heterocycles. The number of anilines is 2. The lowest BCUT2D eigenvalue weighted by Gasteiger charge is -1.94. The van der Waals surface area contributed by atoms with Crippen molar-refractivity contribution in [3.05, 3.63) is 0 Å². The molecule has 0 aliphatic carbocycles. The van der Waals surface area contributed by atoms with Gasteiger partial charge < -0.3 is 11.5 Å². The van der Waals surface area contributed by atoms with E-state index in [-0.39, 0.29) is 0 Å². The number of aromatic nitrogens is 6. The van der Waals surface area contributed by atoms with Crippen molar-refractivity contribution in [1.29, 1.82) is 0 Å². The second kappa shape index (κ2) is 7.54. The van der Waals surface area contributed by atoms with Crippen molar-refractivity contribution >= 4 is 72.8 Å². The SMILES string of the molecule is Nc1nc(SSSSSSc2n[nH]c(N)n2)n[nH]1. The van der Waals surface area contributed by atoms with Crippen molar-refractivity contribution in [1.82, 2.24) is 30.4 Å². The van der Waals surface area contributed by atoms with Crippen LogP contribution in [0.2, 0.25) is 0 Å². The van der Waals surface area contributed by atoms with Crippen LogP contribution >= 0.6 is 60.9 Å². The van der Waals surface area contributed by atoms with Crippen molar-refractivity contribution in [2.45, 2.75) is 10.3 Å². The van der Waals surface area contributed by atoms with Gasteiger partial charge in [-0.05, 0) is 60.9 Å². The smallest absolute Gasteiger partial charge is 0.221 e. The highest BCUT2D eigenvalue weighted by molar-refractivity contribution is 9.41. The fraction of sp³-hybridized carbons (Fsp3) is 0. The molecule has 8 nitrogen and oxygen atoms in total. The van der Waals surface area contributed by atoms with Gasteiger partial charge in [0.05, 0.1) is 0 Å². The minimum absolute atomic E-state index is 0.322. The lowest BCUT2D eigenvalue weighted by molar-refractivity contribution is 0.979. The predicted octanol–water partition coefficient (Wildman–Crippen LogP) is 2.48. The van der Waals surface area contributed by atoms with Crippen molar-refractivity contribution < 1.29 is 0 Å². The summed E-state index contributed by atoms with van der Waals surface area (Å²) in [6.45, 7) is 0. The average molecular weight is 359 g/mol. The van der Waals surface area contributed by atoms with E-state index in [0.29, 0.717) is 22.2 Å². The molecule has 0 unspecified atom stereocenters. The number of nitrogens with zero attached hydrogens (tertiary/aromatic N) is 4. The van der Waals surface area contributed by atoms with E-state index in [4.69, 9.17) is 11.5 Å². The maximum atomic E-state index is 5.40. The fourth-order valence-corrected chi connectivity index (χ4v) is 10.9. The summed E-state index contributed by atoms with van der Waals surface area (Å²) in [4.78, 5) is 7.92. The number of H-pyrrole nitrogens is 2. The number of aromatic amines is 2. The van der Waals surface area contributed by atoms with Gasteiger partial charge in [-0.25, -0.2) is 10.2 Å². The first-order valence-corrected chi connectivity index (χ1v) is 11.6. The van der Waals surface area contributed by atoms with E-state index in [9.17, 15) is 0 Å². The predicted molar refractivity (Wildman–Crippen MR) is 83.7 cm³/mol. The summed E-state index contributed by atoms with van der Waals surface area (Å²) in [6, 6.07) is 0. The molecule has 2 aromatic heterocycles. The van der Waals surface area contributed by atoms with Crippen molar-refractivity contribution in [2.24, 2.45) is 0 Å². The zero-order valence-electron chi connectivity index (χ0n) is 8.39. The molecule has 0 fully saturated rings. The molecule has 0 aromatic carbocycles. The van der Waals surface area contributed by atoms with Crippen LogP contribution in [-0.4, -0.2) is 30.4 Å². The Labute approximate surface area is 124 Å². The largest absolute Gasteiger partial charge is 0.368 e. The van der Waals surface area contributed by atoms with Gasteiger partial charge in [-0.3, -0.25) is 0 Å². The monoisotopic (exact) mass is 358 g/mol. The third-order valence-corrected chi connectivity index (χ3v) is 11.3. The van der Waals surface area contributed by atoms with Gasteiger partial charge in [0.2, 0.25) is 22.2 Å². The van der Waals surface area contributed by atoms with Gasteiger partial charge in [-0.1, -0.05) is 0 Å². The zero-order chi connectivity index (χ0) is 12.8. The molecule has 0 amide bonds. The number of nitrogens with one attached hydrogen (secondary N) is 2. The van der Waals surface area contributed by atoms with Gasteiger partial charge in [-0.15, -0.1) is 10.2 Å². The number of rotatable bonds is 7. The van der Waals surface area contributed by atoms with E-state index in [1.807, 2.05) is 0 Å². The maximum Gasteiger partial charge on any atom is 0.221 e. The van der Waals surface area contributed by atoms with E-state index < -0.39 is 0 Å². The minimum atomic E-state index is 0.322. The summed E-state index contributed by atoms with van der Waals surface area (Å²) >= 11 is 0. The molecule has 14 heteroatoms. The summed E-state index contributed by atoms with van der Waals surface area (Å²) < 4.78 is 0. The Balaban J connectivity index is 1.54. The molecule has 0 spiro atoms. The van der Waals surface area contributed by atoms with Gasteiger partial charge in [0, 0.05) is 0 Å². The molecule has 2 aromatic rings. The van der Waals surface area contributed by atoms with Crippen molar-refractivity contribution in [3.63, 3.8) is 0 Å². The van der Waals surface area contributed by atoms with Crippen LogP contribution < -0.4 is 11.5 Å². The van der Waals surface area contributed by atoms with Crippen molar-refractivity contribution in [2.75, 3.05) is 11.5 Å². The Hall–Kier alpha value is -0.0200. The van der Waals surface area contributed by atoms with Gasteiger partial charge in [0.25, 0.3) is 0 Å². The highest BCUT2D eigenvalue weighted by Gasteiger charge is 2.04. The van der Waals surface area contributed by atoms with Crippen LogP contribution in [-0.2, 0) is 0 Å². The second-order valence-electron chi connectivity index (χ2n) is 2.45. The molecule has 0 saturated carbocycles. The van der Waals surface area contributed by atoms with Crippen LogP contribution in [0.5, 0.6) is 0 Å². The molecule has 18 heavy (non-hydrogen) atoms. The maximum absolute atomic E-state index is 5.40. The molecule has 2 heterocycles. The summed E-state index contributed by atoms with van der Waals surface area (Å²) in [5.74, 6) is 0.644. The Kier molecular flexibility index (Phi) is 6.03. The molecule has 2 rings (SSSR count). The van der Waals surface area contributed by atoms with Gasteiger partial charge in [0.1, 0.15) is 0 Å². The van der Waals surface area contributed by atoms with Gasteiger partial charge >= 0.3 is 0 Å². The van der Waals surface area contributed by atoms with E-state index in [1.54, 1.807) is 39.3 Å². The topological polar surface area (TPSA) is 135 Å². The highest BCUT2D eigenvalue weighted by Crippen LogP contribution is 2.54. The van der Waals surface area contributed by atoms with Crippen molar-refractivity contribution in [3.8, 4) is 0 Å². The first-order valence-electron chi connectivity index (χ1n) is 4.11. The molecule has 0 aliphatic rings. The number of hydrogen-bond acceptors (Lipinski definition) is 12. The molecule has 0 radical (unpaired) electrons. The Morgan fingerprint density at radius 2 is 1.17 bits per heavy atom. The van der Waals surface area contributed by atoms with E-state index in [2.05, 4.69) is 30.4 Å². The minimum Gasteiger partial charge on any atom is -0.368 e. The quantitative estimate of drug-likeness (QED) is 0.427. The van der Waals surface area contributed by atoms with Gasteiger partial charge in [-0.2, -0.15) is 9.97 Å². The fourth-order valence-electron chi connectivity index (χ4n) is 0.702. The molecule has 0 aliphatic heterocycles. The summed E-state index contributed by atoms with van der Waals surface area (Å²) in [5, 5.41) is 14.2. The van der Waals surface area contributed by atoms with E-state index in [1.165, 1.54) is 21.6 Å². The summed E-state index contributed by atoms with van der Waals surface area (Å²) in [5.41, 5.74) is 10.8. The van der Waals surface area contributed by atoms with Crippen LogP contribution in [0, 0.1) is 0 Å². The van der Waals surface area contributed by atoms with Crippen LogP contribution in [0.1, 0.15) is 0 Å². The molecular weight excluding hydrogens is 353 g/mol. The summed E-state index contributed by atoms with van der Waals surface area (Å²) in [7, 11) is 9.15. The zero-order valence-corrected chi connectivity index (χ0v) is 13.3. The Bertz CT molecular complexity index is 439. The third kappa shape index (κ3) is 4.93. The molecule has 0 atom stereocenters. The van der Waals surface area contributed by atoms with E-state index >= 15 is 0 Å². The summed E-state index contributed by atoms with van der Waals surface area (Å²) in [6.07, 6.45) is 0.